The number of hydrogen-bond acceptors (Lipinski definition) is 2. The number of hydrogen-bond donors (Lipinski definition) is 1. The lowest BCUT2D eigenvalue weighted by Crippen LogP contribution is -2.34. The molecule has 17 heavy (non-hydrogen) atoms. The summed E-state index contributed by atoms with van der Waals surface area (Å²) in [5.41, 5.74) is 4.78. The summed E-state index contributed by atoms with van der Waals surface area (Å²) in [4.78, 5) is 0. The van der Waals surface area contributed by atoms with Crippen LogP contribution in [0.4, 0.5) is 5.69 Å². The maximum Gasteiger partial charge on any atom is 0.0568 e. The maximum atomic E-state index is 3.56. The quantitative estimate of drug-likeness (QED) is 0.840. The van der Waals surface area contributed by atoms with E-state index in [-0.39, 0.29) is 0 Å². The highest BCUT2D eigenvalue weighted by molar-refractivity contribution is 5.93. The van der Waals surface area contributed by atoms with E-state index >= 15 is 0 Å². The van der Waals surface area contributed by atoms with Crippen LogP contribution in [0, 0.1) is 0 Å². The van der Waals surface area contributed by atoms with Crippen molar-refractivity contribution < 1.29 is 0 Å². The Labute approximate surface area is 102 Å². The minimum absolute atomic E-state index is 1.16. The molecule has 0 spiro atoms. The van der Waals surface area contributed by atoms with Gasteiger partial charge in [-0.15, -0.1) is 0 Å². The molecule has 88 valence electrons. The SMILES string of the molecule is c1ccc2c(NN3CCCCC3)cccc2c1. The maximum absolute atomic E-state index is 3.56. The Hall–Kier alpha value is -1.54. The van der Waals surface area contributed by atoms with Gasteiger partial charge in [-0.2, -0.15) is 0 Å². The molecule has 1 N–H and O–H groups in total. The van der Waals surface area contributed by atoms with E-state index in [1.165, 1.54) is 35.7 Å². The molecule has 2 aromatic rings. The van der Waals surface area contributed by atoms with E-state index in [9.17, 15) is 0 Å². The van der Waals surface area contributed by atoms with Crippen LogP contribution in [-0.2, 0) is 0 Å². The van der Waals surface area contributed by atoms with E-state index < -0.39 is 0 Å². The van der Waals surface area contributed by atoms with Crippen molar-refractivity contribution in [2.75, 3.05) is 18.5 Å². The third kappa shape index (κ3) is 2.27. The standard InChI is InChI=1S/C15H18N2/c1-4-11-17(12-5-1)16-15-10-6-8-13-7-2-3-9-14(13)15/h2-3,6-10,16H,1,4-5,11-12H2. The number of benzene rings is 2. The molecule has 0 amide bonds. The smallest absolute Gasteiger partial charge is 0.0568 e. The van der Waals surface area contributed by atoms with Crippen molar-refractivity contribution in [2.45, 2.75) is 19.3 Å². The molecule has 1 aliphatic heterocycles. The van der Waals surface area contributed by atoms with Crippen LogP contribution in [0.5, 0.6) is 0 Å². The zero-order chi connectivity index (χ0) is 11.5. The molecule has 0 aliphatic carbocycles. The van der Waals surface area contributed by atoms with Crippen LogP contribution in [0.3, 0.4) is 0 Å². The first kappa shape index (κ1) is 10.6. The van der Waals surface area contributed by atoms with E-state index in [1.807, 2.05) is 0 Å². The average molecular weight is 226 g/mol. The van der Waals surface area contributed by atoms with Crippen LogP contribution >= 0.6 is 0 Å². The first-order valence-electron chi connectivity index (χ1n) is 6.43. The van der Waals surface area contributed by atoms with E-state index in [0.717, 1.165) is 13.1 Å². The second kappa shape index (κ2) is 4.76. The molecule has 2 nitrogen and oxygen atoms in total. The monoisotopic (exact) mass is 226 g/mol. The number of piperidine rings is 1. The summed E-state index contributed by atoms with van der Waals surface area (Å²) in [6.07, 6.45) is 3.98. The Bertz CT molecular complexity index is 496. The molecule has 0 aromatic heterocycles. The van der Waals surface area contributed by atoms with Crippen LogP contribution < -0.4 is 5.43 Å². The summed E-state index contributed by atoms with van der Waals surface area (Å²) >= 11 is 0. The van der Waals surface area contributed by atoms with Gasteiger partial charge in [0.2, 0.25) is 0 Å². The number of nitrogens with zero attached hydrogens (tertiary/aromatic N) is 1. The van der Waals surface area contributed by atoms with Crippen LogP contribution in [0.1, 0.15) is 19.3 Å². The Morgan fingerprint density at radius 3 is 2.47 bits per heavy atom. The summed E-state index contributed by atoms with van der Waals surface area (Å²) in [7, 11) is 0. The van der Waals surface area contributed by atoms with Crippen molar-refractivity contribution in [3.63, 3.8) is 0 Å². The zero-order valence-electron chi connectivity index (χ0n) is 10.0. The summed E-state index contributed by atoms with van der Waals surface area (Å²) in [5.74, 6) is 0. The van der Waals surface area contributed by atoms with Gasteiger partial charge in [0.25, 0.3) is 0 Å². The lowest BCUT2D eigenvalue weighted by atomic mass is 10.1. The van der Waals surface area contributed by atoms with Crippen molar-refractivity contribution in [3.8, 4) is 0 Å². The van der Waals surface area contributed by atoms with Gasteiger partial charge in [-0.1, -0.05) is 42.8 Å². The van der Waals surface area contributed by atoms with Crippen molar-refractivity contribution in [1.29, 1.82) is 0 Å². The fourth-order valence-electron chi connectivity index (χ4n) is 2.50. The summed E-state index contributed by atoms with van der Waals surface area (Å²) in [5, 5.41) is 4.95. The van der Waals surface area contributed by atoms with E-state index in [0.29, 0.717) is 0 Å². The highest BCUT2D eigenvalue weighted by atomic mass is 15.5. The van der Waals surface area contributed by atoms with Gasteiger partial charge in [0.05, 0.1) is 5.69 Å². The number of fused-ring (bicyclic) bond motifs is 1. The topological polar surface area (TPSA) is 15.3 Å². The number of nitrogens with one attached hydrogen (secondary N) is 1. The molecular weight excluding hydrogens is 208 g/mol. The summed E-state index contributed by atoms with van der Waals surface area (Å²) in [6, 6.07) is 15.0. The first-order valence-corrected chi connectivity index (χ1v) is 6.43. The molecule has 1 aliphatic rings. The Morgan fingerprint density at radius 2 is 1.59 bits per heavy atom. The normalized spacial score (nSPS) is 17.2. The van der Waals surface area contributed by atoms with Gasteiger partial charge >= 0.3 is 0 Å². The predicted octanol–water partition coefficient (Wildman–Crippen LogP) is 3.65. The van der Waals surface area contributed by atoms with Gasteiger partial charge in [-0.25, -0.2) is 5.01 Å². The second-order valence-corrected chi connectivity index (χ2v) is 4.69. The van der Waals surface area contributed by atoms with Crippen LogP contribution in [0.15, 0.2) is 42.5 Å². The fraction of sp³-hybridized carbons (Fsp3) is 0.333. The highest BCUT2D eigenvalue weighted by Crippen LogP contribution is 2.24. The minimum atomic E-state index is 1.16. The zero-order valence-corrected chi connectivity index (χ0v) is 10.0. The number of rotatable bonds is 2. The average Bonchev–Trinajstić information content (AvgIpc) is 2.40. The van der Waals surface area contributed by atoms with Crippen molar-refractivity contribution in [1.82, 2.24) is 5.01 Å². The van der Waals surface area contributed by atoms with Crippen LogP contribution in [0.25, 0.3) is 10.8 Å². The van der Waals surface area contributed by atoms with Gasteiger partial charge in [0, 0.05) is 18.5 Å². The van der Waals surface area contributed by atoms with Crippen molar-refractivity contribution in [3.05, 3.63) is 42.5 Å². The van der Waals surface area contributed by atoms with E-state index in [1.54, 1.807) is 0 Å². The molecule has 0 unspecified atom stereocenters. The molecule has 1 heterocycles. The Morgan fingerprint density at radius 1 is 0.824 bits per heavy atom. The van der Waals surface area contributed by atoms with Crippen LogP contribution in [-0.4, -0.2) is 18.1 Å². The highest BCUT2D eigenvalue weighted by Gasteiger charge is 2.10. The number of anilines is 1. The van der Waals surface area contributed by atoms with Crippen molar-refractivity contribution in [2.24, 2.45) is 0 Å². The molecule has 2 heteroatoms. The fourth-order valence-corrected chi connectivity index (χ4v) is 2.50. The lowest BCUT2D eigenvalue weighted by molar-refractivity contribution is 0.273. The third-order valence-electron chi connectivity index (χ3n) is 3.42. The second-order valence-electron chi connectivity index (χ2n) is 4.69. The van der Waals surface area contributed by atoms with Gasteiger partial charge in [0.15, 0.2) is 0 Å². The van der Waals surface area contributed by atoms with Crippen LogP contribution in [0.2, 0.25) is 0 Å². The predicted molar refractivity (Wildman–Crippen MR) is 73.0 cm³/mol. The third-order valence-corrected chi connectivity index (χ3v) is 3.42. The lowest BCUT2D eigenvalue weighted by Gasteiger charge is -2.28. The first-order chi connectivity index (χ1) is 8.43. The molecule has 2 aromatic carbocycles. The molecule has 0 atom stereocenters. The van der Waals surface area contributed by atoms with E-state index in [2.05, 4.69) is 52.9 Å². The largest absolute Gasteiger partial charge is 0.318 e. The van der Waals surface area contributed by atoms with Gasteiger partial charge < -0.3 is 5.43 Å². The van der Waals surface area contributed by atoms with Gasteiger partial charge in [0.1, 0.15) is 0 Å². The Balaban J connectivity index is 1.89. The molecular formula is C15H18N2. The van der Waals surface area contributed by atoms with E-state index in [4.69, 9.17) is 0 Å². The molecule has 1 saturated heterocycles. The van der Waals surface area contributed by atoms with Gasteiger partial charge in [-0.3, -0.25) is 0 Å². The summed E-state index contributed by atoms with van der Waals surface area (Å²) < 4.78 is 0. The Kier molecular flexibility index (Phi) is 2.97. The molecule has 0 saturated carbocycles. The van der Waals surface area contributed by atoms with Crippen molar-refractivity contribution >= 4 is 16.5 Å². The molecule has 0 bridgehead atoms. The molecule has 3 rings (SSSR count). The molecule has 1 fully saturated rings. The number of hydrazine groups is 1. The van der Waals surface area contributed by atoms with Gasteiger partial charge in [-0.05, 0) is 24.3 Å². The molecule has 0 radical (unpaired) electrons. The minimum Gasteiger partial charge on any atom is -0.318 e. The summed E-state index contributed by atoms with van der Waals surface area (Å²) in [6.45, 7) is 2.31.